The van der Waals surface area contributed by atoms with E-state index in [1.165, 1.54) is 30.3 Å². The minimum Gasteiger partial charge on any atom is -0.484 e. The van der Waals surface area contributed by atoms with E-state index in [1.54, 1.807) is 13.8 Å². The van der Waals surface area contributed by atoms with Gasteiger partial charge in [-0.1, -0.05) is 6.07 Å². The zero-order valence-electron chi connectivity index (χ0n) is 14.1. The molecule has 2 N–H and O–H groups in total. The van der Waals surface area contributed by atoms with Crippen LogP contribution in [0.3, 0.4) is 0 Å². The van der Waals surface area contributed by atoms with E-state index >= 15 is 0 Å². The minimum atomic E-state index is -3.63. The normalized spacial score (nSPS) is 11.4. The van der Waals surface area contributed by atoms with Gasteiger partial charge in [0.2, 0.25) is 10.0 Å². The van der Waals surface area contributed by atoms with E-state index in [2.05, 4.69) is 10.0 Å². The Hall–Kier alpha value is -2.52. The third-order valence-electron chi connectivity index (χ3n) is 3.12. The zero-order valence-corrected chi connectivity index (χ0v) is 14.9. The minimum absolute atomic E-state index is 0.0522. The Morgan fingerprint density at radius 2 is 1.65 bits per heavy atom. The van der Waals surface area contributed by atoms with E-state index in [9.17, 15) is 22.0 Å². The molecule has 0 unspecified atom stereocenters. The van der Waals surface area contributed by atoms with Crippen molar-refractivity contribution in [2.45, 2.75) is 24.8 Å². The molecular weight excluding hydrogens is 366 g/mol. The Kier molecular flexibility index (Phi) is 6.27. The SMILES string of the molecule is CC(C)NS(=O)(=O)c1ccc(OCC(=O)Nc2c(F)cccc2F)cc1. The molecule has 0 radical (unpaired) electrons. The molecule has 6 nitrogen and oxygen atoms in total. The summed E-state index contributed by atoms with van der Waals surface area (Å²) in [5.74, 6) is -2.32. The molecule has 0 aliphatic heterocycles. The number of anilines is 1. The van der Waals surface area contributed by atoms with E-state index in [4.69, 9.17) is 4.74 Å². The maximum atomic E-state index is 13.5. The van der Waals surface area contributed by atoms with Crippen LogP contribution >= 0.6 is 0 Å². The summed E-state index contributed by atoms with van der Waals surface area (Å²) >= 11 is 0. The van der Waals surface area contributed by atoms with Gasteiger partial charge in [-0.25, -0.2) is 21.9 Å². The molecule has 0 heterocycles. The molecule has 0 bridgehead atoms. The van der Waals surface area contributed by atoms with Gasteiger partial charge in [0.05, 0.1) is 4.90 Å². The van der Waals surface area contributed by atoms with Crippen molar-refractivity contribution >= 4 is 21.6 Å². The molecule has 0 saturated heterocycles. The highest BCUT2D eigenvalue weighted by Gasteiger charge is 2.16. The average molecular weight is 384 g/mol. The Morgan fingerprint density at radius 1 is 1.08 bits per heavy atom. The fourth-order valence-corrected chi connectivity index (χ4v) is 3.29. The molecule has 2 rings (SSSR count). The fourth-order valence-electron chi connectivity index (χ4n) is 2.03. The number of halogens is 2. The van der Waals surface area contributed by atoms with E-state index < -0.39 is 39.9 Å². The summed E-state index contributed by atoms with van der Waals surface area (Å²) in [6.07, 6.45) is 0. The number of amides is 1. The van der Waals surface area contributed by atoms with Crippen molar-refractivity contribution in [1.29, 1.82) is 0 Å². The number of para-hydroxylation sites is 1. The molecule has 0 fully saturated rings. The number of sulfonamides is 1. The molecule has 0 aliphatic rings. The first-order chi connectivity index (χ1) is 12.2. The summed E-state index contributed by atoms with van der Waals surface area (Å²) in [4.78, 5) is 11.8. The third-order valence-corrected chi connectivity index (χ3v) is 4.80. The van der Waals surface area contributed by atoms with Crippen LogP contribution in [0.15, 0.2) is 47.4 Å². The molecule has 140 valence electrons. The second-order valence-electron chi connectivity index (χ2n) is 5.68. The summed E-state index contributed by atoms with van der Waals surface area (Å²) in [5, 5.41) is 2.09. The van der Waals surface area contributed by atoms with Crippen molar-refractivity contribution in [3.05, 3.63) is 54.1 Å². The van der Waals surface area contributed by atoms with Crippen LogP contribution in [0.5, 0.6) is 5.75 Å². The van der Waals surface area contributed by atoms with Crippen LogP contribution in [0.1, 0.15) is 13.8 Å². The first-order valence-corrected chi connectivity index (χ1v) is 9.16. The van der Waals surface area contributed by atoms with Crippen molar-refractivity contribution in [1.82, 2.24) is 4.72 Å². The highest BCUT2D eigenvalue weighted by atomic mass is 32.2. The third kappa shape index (κ3) is 5.24. The summed E-state index contributed by atoms with van der Waals surface area (Å²) in [6.45, 7) is 2.90. The lowest BCUT2D eigenvalue weighted by Crippen LogP contribution is -2.30. The van der Waals surface area contributed by atoms with Crippen LogP contribution in [0, 0.1) is 11.6 Å². The first-order valence-electron chi connectivity index (χ1n) is 7.68. The maximum absolute atomic E-state index is 13.5. The summed E-state index contributed by atoms with van der Waals surface area (Å²) < 4.78 is 58.6. The van der Waals surface area contributed by atoms with Crippen molar-refractivity contribution in [2.75, 3.05) is 11.9 Å². The van der Waals surface area contributed by atoms with Crippen LogP contribution in [0.25, 0.3) is 0 Å². The van der Waals surface area contributed by atoms with Crippen LogP contribution < -0.4 is 14.8 Å². The van der Waals surface area contributed by atoms with Gasteiger partial charge in [0.15, 0.2) is 6.61 Å². The van der Waals surface area contributed by atoms with Crippen molar-refractivity contribution in [3.8, 4) is 5.75 Å². The molecule has 0 atom stereocenters. The lowest BCUT2D eigenvalue weighted by atomic mass is 10.3. The van der Waals surface area contributed by atoms with Gasteiger partial charge in [0, 0.05) is 6.04 Å². The lowest BCUT2D eigenvalue weighted by Gasteiger charge is -2.11. The summed E-state index contributed by atoms with van der Waals surface area (Å²) in [5.41, 5.74) is -0.553. The Balaban J connectivity index is 1.97. The lowest BCUT2D eigenvalue weighted by molar-refractivity contribution is -0.118. The van der Waals surface area contributed by atoms with Gasteiger partial charge < -0.3 is 10.1 Å². The number of rotatable bonds is 7. The largest absolute Gasteiger partial charge is 0.484 e. The zero-order chi connectivity index (χ0) is 19.3. The summed E-state index contributed by atoms with van der Waals surface area (Å²) in [6, 6.07) is 8.38. The molecule has 2 aromatic rings. The van der Waals surface area contributed by atoms with Crippen LogP contribution in [-0.4, -0.2) is 27.0 Å². The van der Waals surface area contributed by atoms with Crippen LogP contribution in [-0.2, 0) is 14.8 Å². The average Bonchev–Trinajstić information content (AvgIpc) is 2.56. The number of ether oxygens (including phenoxy) is 1. The van der Waals surface area contributed by atoms with Gasteiger partial charge in [-0.3, -0.25) is 4.79 Å². The second kappa shape index (κ2) is 8.24. The van der Waals surface area contributed by atoms with Crippen LogP contribution in [0.2, 0.25) is 0 Å². The molecule has 9 heteroatoms. The Morgan fingerprint density at radius 3 is 2.19 bits per heavy atom. The summed E-state index contributed by atoms with van der Waals surface area (Å²) in [7, 11) is -3.63. The second-order valence-corrected chi connectivity index (χ2v) is 7.39. The fraction of sp³-hybridized carbons (Fsp3) is 0.235. The predicted octanol–water partition coefficient (Wildman–Crippen LogP) is 2.67. The van der Waals surface area contributed by atoms with E-state index in [0.717, 1.165) is 12.1 Å². The molecule has 0 aliphatic carbocycles. The van der Waals surface area contributed by atoms with E-state index in [0.29, 0.717) is 0 Å². The standard InChI is InChI=1S/C17H18F2N2O4S/c1-11(2)21-26(23,24)13-8-6-12(7-9-13)25-10-16(22)20-17-14(18)4-3-5-15(17)19/h3-9,11,21H,10H2,1-2H3,(H,20,22). The quantitative estimate of drug-likeness (QED) is 0.769. The molecule has 0 spiro atoms. The van der Waals surface area contributed by atoms with E-state index in [1.807, 2.05) is 0 Å². The van der Waals surface area contributed by atoms with Crippen molar-refractivity contribution in [2.24, 2.45) is 0 Å². The number of hydrogen-bond acceptors (Lipinski definition) is 4. The van der Waals surface area contributed by atoms with Crippen LogP contribution in [0.4, 0.5) is 14.5 Å². The first kappa shape index (κ1) is 19.8. The number of carbonyl (C=O) groups excluding carboxylic acids is 1. The van der Waals surface area contributed by atoms with Crippen molar-refractivity contribution in [3.63, 3.8) is 0 Å². The highest BCUT2D eigenvalue weighted by molar-refractivity contribution is 7.89. The van der Waals surface area contributed by atoms with Gasteiger partial charge in [0.25, 0.3) is 5.91 Å². The van der Waals surface area contributed by atoms with Gasteiger partial charge in [-0.2, -0.15) is 0 Å². The molecule has 0 saturated carbocycles. The van der Waals surface area contributed by atoms with Crippen molar-refractivity contribution < 1.29 is 26.7 Å². The highest BCUT2D eigenvalue weighted by Crippen LogP contribution is 2.19. The number of benzene rings is 2. The van der Waals surface area contributed by atoms with Gasteiger partial charge >= 0.3 is 0 Å². The Labute approximate surface area is 150 Å². The van der Waals surface area contributed by atoms with E-state index in [-0.39, 0.29) is 16.7 Å². The molecular formula is C17H18F2N2O4S. The topological polar surface area (TPSA) is 84.5 Å². The van der Waals surface area contributed by atoms with Gasteiger partial charge in [-0.05, 0) is 50.2 Å². The molecule has 0 aromatic heterocycles. The monoisotopic (exact) mass is 384 g/mol. The Bertz CT molecular complexity index is 864. The molecule has 2 aromatic carbocycles. The molecule has 1 amide bonds. The predicted molar refractivity (Wildman–Crippen MR) is 92.4 cm³/mol. The number of hydrogen-bond donors (Lipinski definition) is 2. The van der Waals surface area contributed by atoms with Gasteiger partial charge in [-0.15, -0.1) is 0 Å². The smallest absolute Gasteiger partial charge is 0.262 e. The number of carbonyl (C=O) groups is 1. The van der Waals surface area contributed by atoms with Gasteiger partial charge in [0.1, 0.15) is 23.1 Å². The number of nitrogens with one attached hydrogen (secondary N) is 2. The maximum Gasteiger partial charge on any atom is 0.262 e. The molecule has 26 heavy (non-hydrogen) atoms.